The lowest BCUT2D eigenvalue weighted by molar-refractivity contribution is 0.136. The fraction of sp³-hybridized carbons (Fsp3) is 0.500. The molecule has 2 aromatic rings. The summed E-state index contributed by atoms with van der Waals surface area (Å²) in [5.41, 5.74) is 9.93. The number of hydrogen-bond acceptors (Lipinski definition) is 3. The molecule has 2 unspecified atom stereocenters. The number of nitrogens with one attached hydrogen (secondary N) is 1. The van der Waals surface area contributed by atoms with E-state index in [1.54, 1.807) is 0 Å². The van der Waals surface area contributed by atoms with Gasteiger partial charge < -0.3 is 5.73 Å². The van der Waals surface area contributed by atoms with Crippen LogP contribution in [0.2, 0.25) is 0 Å². The number of benzene rings is 1. The van der Waals surface area contributed by atoms with Gasteiger partial charge in [-0.25, -0.2) is 13.2 Å². The minimum absolute atomic E-state index is 0.190. The molecule has 1 saturated carbocycles. The third-order valence-corrected chi connectivity index (χ3v) is 5.70. The van der Waals surface area contributed by atoms with Crippen molar-refractivity contribution in [1.29, 1.82) is 0 Å². The van der Waals surface area contributed by atoms with Crippen molar-refractivity contribution in [2.45, 2.75) is 57.3 Å². The molecule has 1 aliphatic carbocycles. The third-order valence-electron chi connectivity index (χ3n) is 5.70. The zero-order valence-corrected chi connectivity index (χ0v) is 14.0. The molecule has 1 aromatic carbocycles. The molecule has 3 N–H and O–H groups in total. The van der Waals surface area contributed by atoms with Crippen molar-refractivity contribution in [3.8, 4) is 0 Å². The Labute approximate surface area is 144 Å². The van der Waals surface area contributed by atoms with E-state index in [1.165, 1.54) is 5.56 Å². The van der Waals surface area contributed by atoms with E-state index < -0.39 is 17.5 Å². The first-order valence-corrected chi connectivity index (χ1v) is 8.60. The number of nitrogens with zero attached hydrogens (tertiary/aromatic N) is 2. The largest absolute Gasteiger partial charge is 0.327 e. The topological polar surface area (TPSA) is 57.9 Å². The summed E-state index contributed by atoms with van der Waals surface area (Å²) in [6.45, 7) is 3.66. The molecular weight excluding hydrogens is 329 g/mol. The summed E-state index contributed by atoms with van der Waals surface area (Å²) in [6, 6.07) is 1.59. The normalized spacial score (nSPS) is 26.8. The summed E-state index contributed by atoms with van der Waals surface area (Å²) >= 11 is 0. The summed E-state index contributed by atoms with van der Waals surface area (Å²) in [5.74, 6) is -3.18. The molecule has 0 saturated heterocycles. The van der Waals surface area contributed by atoms with Crippen molar-refractivity contribution >= 4 is 0 Å². The van der Waals surface area contributed by atoms with Crippen LogP contribution in [0, 0.1) is 24.4 Å². The van der Waals surface area contributed by atoms with Gasteiger partial charge in [-0.1, -0.05) is 0 Å². The van der Waals surface area contributed by atoms with Crippen LogP contribution in [0.1, 0.15) is 47.7 Å². The molecule has 1 fully saturated rings. The SMILES string of the molecule is Cc1[nH]nc2c1CN([C@H]1CCC(c3cc(F)c(F)cc3F)C(N)C1)C2. The Hall–Kier alpha value is -1.86. The molecule has 134 valence electrons. The van der Waals surface area contributed by atoms with Gasteiger partial charge in [0.25, 0.3) is 0 Å². The van der Waals surface area contributed by atoms with Gasteiger partial charge in [0.05, 0.1) is 5.69 Å². The van der Waals surface area contributed by atoms with E-state index in [2.05, 4.69) is 15.1 Å². The van der Waals surface area contributed by atoms with Crippen LogP contribution in [-0.2, 0) is 13.1 Å². The molecule has 0 spiro atoms. The van der Waals surface area contributed by atoms with Gasteiger partial charge in [-0.2, -0.15) is 5.10 Å². The van der Waals surface area contributed by atoms with E-state index in [-0.39, 0.29) is 17.5 Å². The average molecular weight is 350 g/mol. The highest BCUT2D eigenvalue weighted by molar-refractivity contribution is 5.29. The van der Waals surface area contributed by atoms with Crippen molar-refractivity contribution in [3.05, 3.63) is 52.1 Å². The molecule has 0 radical (unpaired) electrons. The molecule has 4 rings (SSSR count). The second-order valence-corrected chi connectivity index (χ2v) is 7.20. The van der Waals surface area contributed by atoms with Crippen LogP contribution in [-0.4, -0.2) is 27.2 Å². The Bertz CT molecular complexity index is 804. The molecule has 2 aliphatic rings. The smallest absolute Gasteiger partial charge is 0.161 e. The lowest BCUT2D eigenvalue weighted by Crippen LogP contribution is -2.44. The number of hydrogen-bond donors (Lipinski definition) is 2. The maximum absolute atomic E-state index is 14.1. The van der Waals surface area contributed by atoms with E-state index in [9.17, 15) is 13.2 Å². The van der Waals surface area contributed by atoms with Gasteiger partial charge in [0.2, 0.25) is 0 Å². The molecular formula is C18H21F3N4. The van der Waals surface area contributed by atoms with E-state index in [0.29, 0.717) is 24.9 Å². The Morgan fingerprint density at radius 1 is 1.12 bits per heavy atom. The van der Waals surface area contributed by atoms with Gasteiger partial charge in [-0.3, -0.25) is 10.00 Å². The standard InChI is InChI=1S/C18H21F3N4/c1-9-13-7-25(8-18(13)24-23-9)10-2-3-11(17(22)4-10)12-5-15(20)16(21)6-14(12)19/h5-6,10-11,17H,2-4,7-8,22H2,1H3,(H,23,24)/t10-,11?,17?/m0/s1. The lowest BCUT2D eigenvalue weighted by Gasteiger charge is -2.38. The second kappa shape index (κ2) is 6.14. The molecule has 0 amide bonds. The minimum Gasteiger partial charge on any atom is -0.327 e. The number of aromatic nitrogens is 2. The zero-order valence-electron chi connectivity index (χ0n) is 14.0. The van der Waals surface area contributed by atoms with Crippen LogP contribution in [0.5, 0.6) is 0 Å². The van der Waals surface area contributed by atoms with Crippen molar-refractivity contribution < 1.29 is 13.2 Å². The van der Waals surface area contributed by atoms with Crippen molar-refractivity contribution in [3.63, 3.8) is 0 Å². The first-order valence-electron chi connectivity index (χ1n) is 8.60. The lowest BCUT2D eigenvalue weighted by atomic mass is 9.77. The zero-order chi connectivity index (χ0) is 17.7. The number of aryl methyl sites for hydroxylation is 1. The van der Waals surface area contributed by atoms with Gasteiger partial charge >= 0.3 is 0 Å². The monoisotopic (exact) mass is 350 g/mol. The van der Waals surface area contributed by atoms with Crippen LogP contribution in [0.15, 0.2) is 12.1 Å². The Morgan fingerprint density at radius 2 is 1.88 bits per heavy atom. The number of aromatic amines is 1. The van der Waals surface area contributed by atoms with Gasteiger partial charge in [0.1, 0.15) is 5.82 Å². The summed E-state index contributed by atoms with van der Waals surface area (Å²) in [4.78, 5) is 2.36. The molecule has 3 atom stereocenters. The number of nitrogens with two attached hydrogens (primary N) is 1. The van der Waals surface area contributed by atoms with Crippen molar-refractivity contribution in [2.24, 2.45) is 5.73 Å². The van der Waals surface area contributed by atoms with Gasteiger partial charge in [-0.05, 0) is 37.8 Å². The first-order chi connectivity index (χ1) is 11.9. The summed E-state index contributed by atoms with van der Waals surface area (Å²) in [7, 11) is 0. The molecule has 1 aromatic heterocycles. The summed E-state index contributed by atoms with van der Waals surface area (Å²) < 4.78 is 40.8. The van der Waals surface area contributed by atoms with Crippen LogP contribution in [0.25, 0.3) is 0 Å². The molecule has 2 heterocycles. The Balaban J connectivity index is 1.47. The van der Waals surface area contributed by atoms with Gasteiger partial charge in [-0.15, -0.1) is 0 Å². The molecule has 7 heteroatoms. The molecule has 25 heavy (non-hydrogen) atoms. The van der Waals surface area contributed by atoms with Gasteiger partial charge in [0, 0.05) is 48.4 Å². The third kappa shape index (κ3) is 2.85. The van der Waals surface area contributed by atoms with Gasteiger partial charge in [0.15, 0.2) is 11.6 Å². The fourth-order valence-corrected chi connectivity index (χ4v) is 4.28. The number of halogens is 3. The van der Waals surface area contributed by atoms with Crippen LogP contribution in [0.4, 0.5) is 13.2 Å². The maximum atomic E-state index is 14.1. The predicted octanol–water partition coefficient (Wildman–Crippen LogP) is 3.11. The van der Waals surface area contributed by atoms with E-state index in [0.717, 1.165) is 37.0 Å². The number of H-pyrrole nitrogens is 1. The predicted molar refractivity (Wildman–Crippen MR) is 87.2 cm³/mol. The van der Waals surface area contributed by atoms with Crippen LogP contribution >= 0.6 is 0 Å². The van der Waals surface area contributed by atoms with Crippen LogP contribution < -0.4 is 5.73 Å². The quantitative estimate of drug-likeness (QED) is 0.818. The molecule has 1 aliphatic heterocycles. The fourth-order valence-electron chi connectivity index (χ4n) is 4.28. The Kier molecular flexibility index (Phi) is 4.08. The second-order valence-electron chi connectivity index (χ2n) is 7.20. The number of fused-ring (bicyclic) bond motifs is 1. The average Bonchev–Trinajstić information content (AvgIpc) is 3.14. The van der Waals surface area contributed by atoms with E-state index in [4.69, 9.17) is 5.73 Å². The van der Waals surface area contributed by atoms with Crippen molar-refractivity contribution in [1.82, 2.24) is 15.1 Å². The minimum atomic E-state index is -1.16. The Morgan fingerprint density at radius 3 is 2.60 bits per heavy atom. The highest BCUT2D eigenvalue weighted by Crippen LogP contribution is 2.38. The number of rotatable bonds is 2. The maximum Gasteiger partial charge on any atom is 0.161 e. The highest BCUT2D eigenvalue weighted by Gasteiger charge is 2.36. The summed E-state index contributed by atoms with van der Waals surface area (Å²) in [6.07, 6.45) is 2.22. The summed E-state index contributed by atoms with van der Waals surface area (Å²) in [5, 5.41) is 7.33. The van der Waals surface area contributed by atoms with E-state index in [1.807, 2.05) is 6.92 Å². The molecule has 4 nitrogen and oxygen atoms in total. The first kappa shape index (κ1) is 16.6. The van der Waals surface area contributed by atoms with Crippen LogP contribution in [0.3, 0.4) is 0 Å². The molecule has 0 bridgehead atoms. The van der Waals surface area contributed by atoms with E-state index >= 15 is 0 Å². The highest BCUT2D eigenvalue weighted by atomic mass is 19.2. The van der Waals surface area contributed by atoms with Crippen molar-refractivity contribution in [2.75, 3.05) is 0 Å².